The van der Waals surface area contributed by atoms with Crippen LogP contribution >= 0.6 is 0 Å². The summed E-state index contributed by atoms with van der Waals surface area (Å²) in [7, 11) is 0. The standard InChI is InChI=1S/C14H16N2O/c1-11-9-15-10-12-3-2-4-13(14(11)12)16-5-7-17-8-6-16/h2-4,9-10H,5-8H2,1H3. The van der Waals surface area contributed by atoms with Crippen molar-refractivity contribution in [2.24, 2.45) is 0 Å². The van der Waals surface area contributed by atoms with Crippen molar-refractivity contribution in [2.45, 2.75) is 6.92 Å². The van der Waals surface area contributed by atoms with E-state index in [-0.39, 0.29) is 0 Å². The molecule has 0 spiro atoms. The van der Waals surface area contributed by atoms with E-state index in [0.29, 0.717) is 0 Å². The molecule has 1 aliphatic rings. The molecule has 0 amide bonds. The number of hydrogen-bond acceptors (Lipinski definition) is 3. The number of hydrogen-bond donors (Lipinski definition) is 0. The van der Waals surface area contributed by atoms with Gasteiger partial charge in [0, 0.05) is 41.9 Å². The number of morpholine rings is 1. The molecule has 17 heavy (non-hydrogen) atoms. The van der Waals surface area contributed by atoms with E-state index < -0.39 is 0 Å². The van der Waals surface area contributed by atoms with Crippen LogP contribution in [-0.4, -0.2) is 31.3 Å². The molecule has 88 valence electrons. The van der Waals surface area contributed by atoms with Crippen LogP contribution in [0.1, 0.15) is 5.56 Å². The predicted molar refractivity (Wildman–Crippen MR) is 69.5 cm³/mol. The van der Waals surface area contributed by atoms with Crippen LogP contribution < -0.4 is 4.90 Å². The largest absolute Gasteiger partial charge is 0.378 e. The van der Waals surface area contributed by atoms with Gasteiger partial charge in [-0.25, -0.2) is 0 Å². The van der Waals surface area contributed by atoms with Gasteiger partial charge in [-0.15, -0.1) is 0 Å². The molecule has 1 aromatic carbocycles. The molecule has 2 aromatic rings. The zero-order valence-corrected chi connectivity index (χ0v) is 10.0. The number of rotatable bonds is 1. The first-order chi connectivity index (χ1) is 8.36. The average molecular weight is 228 g/mol. The fourth-order valence-electron chi connectivity index (χ4n) is 2.46. The normalized spacial score (nSPS) is 16.4. The van der Waals surface area contributed by atoms with Crippen LogP contribution in [0.25, 0.3) is 10.8 Å². The Kier molecular flexibility index (Phi) is 2.69. The fraction of sp³-hybridized carbons (Fsp3) is 0.357. The van der Waals surface area contributed by atoms with Gasteiger partial charge in [-0.3, -0.25) is 4.98 Å². The maximum Gasteiger partial charge on any atom is 0.0642 e. The Balaban J connectivity index is 2.14. The van der Waals surface area contributed by atoms with Crippen LogP contribution in [-0.2, 0) is 4.74 Å². The van der Waals surface area contributed by atoms with Crippen molar-refractivity contribution in [3.05, 3.63) is 36.2 Å². The number of aryl methyl sites for hydroxylation is 1. The number of ether oxygens (including phenoxy) is 1. The summed E-state index contributed by atoms with van der Waals surface area (Å²) in [5.41, 5.74) is 2.55. The highest BCUT2D eigenvalue weighted by molar-refractivity contribution is 5.96. The number of anilines is 1. The van der Waals surface area contributed by atoms with Crippen LogP contribution in [0.15, 0.2) is 30.6 Å². The van der Waals surface area contributed by atoms with Gasteiger partial charge in [-0.2, -0.15) is 0 Å². The van der Waals surface area contributed by atoms with E-state index in [2.05, 4.69) is 35.0 Å². The van der Waals surface area contributed by atoms with Gasteiger partial charge in [-0.05, 0) is 18.6 Å². The third kappa shape index (κ3) is 1.87. The van der Waals surface area contributed by atoms with E-state index in [0.717, 1.165) is 26.3 Å². The van der Waals surface area contributed by atoms with Gasteiger partial charge < -0.3 is 9.64 Å². The monoisotopic (exact) mass is 228 g/mol. The lowest BCUT2D eigenvalue weighted by Gasteiger charge is -2.30. The van der Waals surface area contributed by atoms with Crippen molar-refractivity contribution in [3.63, 3.8) is 0 Å². The van der Waals surface area contributed by atoms with Gasteiger partial charge in [0.05, 0.1) is 13.2 Å². The molecule has 1 aliphatic heterocycles. The van der Waals surface area contributed by atoms with Crippen LogP contribution in [0, 0.1) is 6.92 Å². The van der Waals surface area contributed by atoms with E-state index in [1.165, 1.54) is 22.0 Å². The highest BCUT2D eigenvalue weighted by Crippen LogP contribution is 2.29. The first kappa shape index (κ1) is 10.5. The number of fused-ring (bicyclic) bond motifs is 1. The minimum Gasteiger partial charge on any atom is -0.378 e. The lowest BCUT2D eigenvalue weighted by molar-refractivity contribution is 0.123. The number of pyridine rings is 1. The molecular formula is C14H16N2O. The van der Waals surface area contributed by atoms with Crippen molar-refractivity contribution in [1.82, 2.24) is 4.98 Å². The third-order valence-electron chi connectivity index (χ3n) is 3.30. The zero-order chi connectivity index (χ0) is 11.7. The molecule has 3 heteroatoms. The van der Waals surface area contributed by atoms with Gasteiger partial charge in [-0.1, -0.05) is 12.1 Å². The van der Waals surface area contributed by atoms with Crippen molar-refractivity contribution >= 4 is 16.5 Å². The summed E-state index contributed by atoms with van der Waals surface area (Å²) < 4.78 is 5.41. The molecule has 0 saturated carbocycles. The van der Waals surface area contributed by atoms with E-state index in [1.807, 2.05) is 12.4 Å². The Labute approximate surface area is 101 Å². The van der Waals surface area contributed by atoms with Crippen LogP contribution in [0.5, 0.6) is 0 Å². The second-order valence-corrected chi connectivity index (χ2v) is 4.43. The molecule has 1 aromatic heterocycles. The van der Waals surface area contributed by atoms with Crippen LogP contribution in [0.4, 0.5) is 5.69 Å². The molecule has 0 unspecified atom stereocenters. The summed E-state index contributed by atoms with van der Waals surface area (Å²) in [4.78, 5) is 6.66. The molecule has 0 aliphatic carbocycles. The lowest BCUT2D eigenvalue weighted by Crippen LogP contribution is -2.36. The highest BCUT2D eigenvalue weighted by atomic mass is 16.5. The quantitative estimate of drug-likeness (QED) is 0.749. The summed E-state index contributed by atoms with van der Waals surface area (Å²) >= 11 is 0. The predicted octanol–water partition coefficient (Wildman–Crippen LogP) is 2.38. The van der Waals surface area contributed by atoms with E-state index in [9.17, 15) is 0 Å². The molecule has 1 fully saturated rings. The summed E-state index contributed by atoms with van der Waals surface area (Å²) in [6.07, 6.45) is 3.87. The minimum atomic E-state index is 0.820. The Hall–Kier alpha value is -1.61. The Morgan fingerprint density at radius 3 is 2.82 bits per heavy atom. The Morgan fingerprint density at radius 2 is 2.00 bits per heavy atom. The van der Waals surface area contributed by atoms with Crippen LogP contribution in [0.3, 0.4) is 0 Å². The van der Waals surface area contributed by atoms with E-state index in [1.54, 1.807) is 0 Å². The number of nitrogens with zero attached hydrogens (tertiary/aromatic N) is 2. The van der Waals surface area contributed by atoms with Crippen LogP contribution in [0.2, 0.25) is 0 Å². The summed E-state index contributed by atoms with van der Waals surface area (Å²) in [5.74, 6) is 0. The fourth-order valence-corrected chi connectivity index (χ4v) is 2.46. The van der Waals surface area contributed by atoms with Crippen molar-refractivity contribution in [2.75, 3.05) is 31.2 Å². The van der Waals surface area contributed by atoms with Gasteiger partial charge >= 0.3 is 0 Å². The Bertz CT molecular complexity index is 527. The second kappa shape index (κ2) is 4.34. The molecule has 0 atom stereocenters. The highest BCUT2D eigenvalue weighted by Gasteiger charge is 2.14. The molecule has 0 bridgehead atoms. The average Bonchev–Trinajstić information content (AvgIpc) is 2.39. The maximum absolute atomic E-state index is 5.41. The topological polar surface area (TPSA) is 25.4 Å². The zero-order valence-electron chi connectivity index (χ0n) is 10.0. The van der Waals surface area contributed by atoms with Gasteiger partial charge in [0.1, 0.15) is 0 Å². The third-order valence-corrected chi connectivity index (χ3v) is 3.30. The summed E-state index contributed by atoms with van der Waals surface area (Å²) in [6.45, 7) is 5.71. The molecular weight excluding hydrogens is 212 g/mol. The summed E-state index contributed by atoms with van der Waals surface area (Å²) in [6, 6.07) is 6.42. The minimum absolute atomic E-state index is 0.820. The second-order valence-electron chi connectivity index (χ2n) is 4.43. The van der Waals surface area contributed by atoms with Crippen molar-refractivity contribution in [3.8, 4) is 0 Å². The first-order valence-electron chi connectivity index (χ1n) is 6.02. The molecule has 3 rings (SSSR count). The Morgan fingerprint density at radius 1 is 1.18 bits per heavy atom. The first-order valence-corrected chi connectivity index (χ1v) is 6.02. The molecule has 0 N–H and O–H groups in total. The number of benzene rings is 1. The van der Waals surface area contributed by atoms with Crippen molar-refractivity contribution in [1.29, 1.82) is 0 Å². The van der Waals surface area contributed by atoms with Gasteiger partial charge in [0.15, 0.2) is 0 Å². The lowest BCUT2D eigenvalue weighted by atomic mass is 10.1. The maximum atomic E-state index is 5.41. The smallest absolute Gasteiger partial charge is 0.0642 e. The van der Waals surface area contributed by atoms with E-state index in [4.69, 9.17) is 4.74 Å². The SMILES string of the molecule is Cc1cncc2cccc(N3CCOCC3)c12. The molecule has 1 saturated heterocycles. The molecule has 3 nitrogen and oxygen atoms in total. The van der Waals surface area contributed by atoms with Crippen molar-refractivity contribution < 1.29 is 4.74 Å². The van der Waals surface area contributed by atoms with E-state index >= 15 is 0 Å². The summed E-state index contributed by atoms with van der Waals surface area (Å²) in [5, 5.41) is 2.54. The van der Waals surface area contributed by atoms with Gasteiger partial charge in [0.2, 0.25) is 0 Å². The van der Waals surface area contributed by atoms with Gasteiger partial charge in [0.25, 0.3) is 0 Å². The molecule has 0 radical (unpaired) electrons. The number of aromatic nitrogens is 1. The molecule has 2 heterocycles.